The molecule has 1 aliphatic rings. The molecule has 0 aliphatic carbocycles. The number of phenolic OH excluding ortho intramolecular Hbond substituents is 1. The summed E-state index contributed by atoms with van der Waals surface area (Å²) in [6.07, 6.45) is -4.32. The third-order valence-corrected chi connectivity index (χ3v) is 5.00. The second kappa shape index (κ2) is 7.19. The van der Waals surface area contributed by atoms with Gasteiger partial charge in [-0.3, -0.25) is 4.90 Å². The van der Waals surface area contributed by atoms with Gasteiger partial charge in [0, 0.05) is 44.0 Å². The van der Waals surface area contributed by atoms with Crippen molar-refractivity contribution in [1.82, 2.24) is 4.90 Å². The number of aryl methyl sites for hydroxylation is 2. The van der Waals surface area contributed by atoms with Gasteiger partial charge in [0.25, 0.3) is 0 Å². The second-order valence-corrected chi connectivity index (χ2v) is 6.88. The molecule has 0 amide bonds. The van der Waals surface area contributed by atoms with Crippen molar-refractivity contribution < 1.29 is 18.3 Å². The second-order valence-electron chi connectivity index (χ2n) is 6.88. The number of rotatable bonds is 3. The first-order valence-electron chi connectivity index (χ1n) is 8.67. The van der Waals surface area contributed by atoms with E-state index in [1.54, 1.807) is 12.1 Å². The number of alkyl halides is 3. The van der Waals surface area contributed by atoms with Crippen LogP contribution in [0.4, 0.5) is 18.9 Å². The van der Waals surface area contributed by atoms with Gasteiger partial charge in [-0.1, -0.05) is 12.1 Å². The zero-order valence-electron chi connectivity index (χ0n) is 15.0. The Balaban J connectivity index is 1.64. The number of halogens is 3. The van der Waals surface area contributed by atoms with Crippen molar-refractivity contribution in [3.8, 4) is 5.75 Å². The summed E-state index contributed by atoms with van der Waals surface area (Å²) in [5, 5.41) is 10.1. The fourth-order valence-electron chi connectivity index (χ4n) is 3.27. The summed E-state index contributed by atoms with van der Waals surface area (Å²) in [4.78, 5) is 4.19. The van der Waals surface area contributed by atoms with E-state index < -0.39 is 11.7 Å². The van der Waals surface area contributed by atoms with Crippen molar-refractivity contribution in [1.29, 1.82) is 0 Å². The van der Waals surface area contributed by atoms with Gasteiger partial charge in [0.15, 0.2) is 0 Å². The van der Waals surface area contributed by atoms with E-state index in [2.05, 4.69) is 4.90 Å². The van der Waals surface area contributed by atoms with Crippen LogP contribution in [0.5, 0.6) is 5.75 Å². The van der Waals surface area contributed by atoms with Gasteiger partial charge < -0.3 is 10.0 Å². The minimum atomic E-state index is -4.32. The van der Waals surface area contributed by atoms with E-state index >= 15 is 0 Å². The highest BCUT2D eigenvalue weighted by Crippen LogP contribution is 2.32. The zero-order chi connectivity index (χ0) is 18.9. The van der Waals surface area contributed by atoms with Gasteiger partial charge in [-0.15, -0.1) is 0 Å². The van der Waals surface area contributed by atoms with E-state index in [1.807, 2.05) is 24.8 Å². The van der Waals surface area contributed by atoms with E-state index in [4.69, 9.17) is 0 Å². The first kappa shape index (κ1) is 18.6. The van der Waals surface area contributed by atoms with Crippen molar-refractivity contribution in [3.63, 3.8) is 0 Å². The molecule has 1 aliphatic heterocycles. The number of anilines is 1. The summed E-state index contributed by atoms with van der Waals surface area (Å²) in [5.74, 6) is 0.299. The molecule has 26 heavy (non-hydrogen) atoms. The maximum Gasteiger partial charge on any atom is 0.416 e. The van der Waals surface area contributed by atoms with Crippen molar-refractivity contribution in [2.45, 2.75) is 26.6 Å². The van der Waals surface area contributed by atoms with Crippen LogP contribution in [-0.4, -0.2) is 36.2 Å². The Labute approximate surface area is 151 Å². The Morgan fingerprint density at radius 2 is 1.62 bits per heavy atom. The predicted molar refractivity (Wildman–Crippen MR) is 96.5 cm³/mol. The van der Waals surface area contributed by atoms with E-state index in [0.717, 1.165) is 35.8 Å². The SMILES string of the molecule is Cc1cc(O)c(CN2CCN(c3cccc(C(F)(F)F)c3)CC2)cc1C. The Morgan fingerprint density at radius 3 is 2.27 bits per heavy atom. The summed E-state index contributed by atoms with van der Waals surface area (Å²) >= 11 is 0. The van der Waals surface area contributed by atoms with E-state index in [0.29, 0.717) is 31.1 Å². The normalized spacial score (nSPS) is 16.1. The fraction of sp³-hybridized carbons (Fsp3) is 0.400. The molecule has 2 aromatic rings. The molecule has 0 aromatic heterocycles. The Bertz CT molecular complexity index is 781. The van der Waals surface area contributed by atoms with E-state index in [9.17, 15) is 18.3 Å². The minimum absolute atomic E-state index is 0.299. The van der Waals surface area contributed by atoms with Crippen LogP contribution in [0.2, 0.25) is 0 Å². The average Bonchev–Trinajstić information content (AvgIpc) is 2.60. The first-order valence-corrected chi connectivity index (χ1v) is 8.67. The molecule has 3 nitrogen and oxygen atoms in total. The topological polar surface area (TPSA) is 26.7 Å². The lowest BCUT2D eigenvalue weighted by Gasteiger charge is -2.36. The molecule has 0 unspecified atom stereocenters. The zero-order valence-corrected chi connectivity index (χ0v) is 15.0. The standard InChI is InChI=1S/C20H23F3N2O/c1-14-10-16(19(26)11-15(14)2)13-24-6-8-25(9-7-24)18-5-3-4-17(12-18)20(21,22)23/h3-5,10-12,26H,6-9,13H2,1-2H3. The molecule has 2 aromatic carbocycles. The Hall–Kier alpha value is -2.21. The fourth-order valence-corrected chi connectivity index (χ4v) is 3.27. The molecule has 0 atom stereocenters. The van der Waals surface area contributed by atoms with E-state index in [1.165, 1.54) is 12.1 Å². The lowest BCUT2D eigenvalue weighted by molar-refractivity contribution is -0.137. The van der Waals surface area contributed by atoms with Gasteiger partial charge in [0.2, 0.25) is 0 Å². The molecule has 0 spiro atoms. The van der Waals surface area contributed by atoms with Crippen molar-refractivity contribution in [2.24, 2.45) is 0 Å². The molecule has 1 heterocycles. The number of phenols is 1. The van der Waals surface area contributed by atoms with Crippen LogP contribution in [0.15, 0.2) is 36.4 Å². The van der Waals surface area contributed by atoms with Gasteiger partial charge in [-0.05, 0) is 49.2 Å². The molecule has 0 bridgehead atoms. The summed E-state index contributed by atoms with van der Waals surface area (Å²) in [6, 6.07) is 9.28. The van der Waals surface area contributed by atoms with Crippen LogP contribution in [-0.2, 0) is 12.7 Å². The van der Waals surface area contributed by atoms with Crippen LogP contribution < -0.4 is 4.90 Å². The highest BCUT2D eigenvalue weighted by molar-refractivity contribution is 5.49. The molecule has 3 rings (SSSR count). The first-order chi connectivity index (χ1) is 12.2. The Kier molecular flexibility index (Phi) is 5.14. The molecule has 1 saturated heterocycles. The van der Waals surface area contributed by atoms with Crippen LogP contribution in [0.25, 0.3) is 0 Å². The molecule has 140 valence electrons. The minimum Gasteiger partial charge on any atom is -0.508 e. The summed E-state index contributed by atoms with van der Waals surface area (Å²) in [6.45, 7) is 7.42. The van der Waals surface area contributed by atoms with Crippen molar-refractivity contribution >= 4 is 5.69 Å². The lowest BCUT2D eigenvalue weighted by Crippen LogP contribution is -2.46. The molecular weight excluding hydrogens is 341 g/mol. The van der Waals surface area contributed by atoms with Gasteiger partial charge in [-0.2, -0.15) is 13.2 Å². The molecule has 0 radical (unpaired) electrons. The largest absolute Gasteiger partial charge is 0.508 e. The number of nitrogens with zero attached hydrogens (tertiary/aromatic N) is 2. The van der Waals surface area contributed by atoms with Crippen LogP contribution in [0.1, 0.15) is 22.3 Å². The predicted octanol–water partition coefficient (Wildman–Crippen LogP) is 4.35. The molecular formula is C20H23F3N2O. The third kappa shape index (κ3) is 4.12. The average molecular weight is 364 g/mol. The summed E-state index contributed by atoms with van der Waals surface area (Å²) in [5.41, 5.74) is 3.08. The maximum absolute atomic E-state index is 12.9. The number of hydrogen-bond acceptors (Lipinski definition) is 3. The highest BCUT2D eigenvalue weighted by atomic mass is 19.4. The molecule has 0 saturated carbocycles. The van der Waals surface area contributed by atoms with Gasteiger partial charge in [-0.25, -0.2) is 0 Å². The highest BCUT2D eigenvalue weighted by Gasteiger charge is 2.31. The van der Waals surface area contributed by atoms with Crippen molar-refractivity contribution in [2.75, 3.05) is 31.1 Å². The van der Waals surface area contributed by atoms with Gasteiger partial charge in [0.1, 0.15) is 5.75 Å². The smallest absolute Gasteiger partial charge is 0.416 e. The van der Waals surface area contributed by atoms with E-state index in [-0.39, 0.29) is 0 Å². The third-order valence-electron chi connectivity index (χ3n) is 5.00. The van der Waals surface area contributed by atoms with Crippen LogP contribution in [0, 0.1) is 13.8 Å². The quantitative estimate of drug-likeness (QED) is 0.877. The number of aromatic hydroxyl groups is 1. The number of piperazine rings is 1. The maximum atomic E-state index is 12.9. The Morgan fingerprint density at radius 1 is 0.962 bits per heavy atom. The molecule has 1 N–H and O–H groups in total. The van der Waals surface area contributed by atoms with Gasteiger partial charge in [0.05, 0.1) is 5.56 Å². The number of benzene rings is 2. The van der Waals surface area contributed by atoms with Crippen molar-refractivity contribution in [3.05, 3.63) is 58.7 Å². The molecule has 6 heteroatoms. The summed E-state index contributed by atoms with van der Waals surface area (Å²) in [7, 11) is 0. The monoisotopic (exact) mass is 364 g/mol. The summed E-state index contributed by atoms with van der Waals surface area (Å²) < 4.78 is 38.7. The molecule has 1 fully saturated rings. The number of hydrogen-bond donors (Lipinski definition) is 1. The van der Waals surface area contributed by atoms with Gasteiger partial charge >= 0.3 is 6.18 Å². The van der Waals surface area contributed by atoms with Crippen LogP contribution in [0.3, 0.4) is 0 Å². The lowest BCUT2D eigenvalue weighted by atomic mass is 10.0. The van der Waals surface area contributed by atoms with Crippen LogP contribution >= 0.6 is 0 Å².